The van der Waals surface area contributed by atoms with Crippen molar-refractivity contribution < 1.29 is 5.03 Å². The van der Waals surface area contributed by atoms with Gasteiger partial charge in [0.2, 0.25) is 0 Å². The average Bonchev–Trinajstić information content (AvgIpc) is 2.81. The largest absolute Gasteiger partial charge is 0.328 e. The molecule has 1 aromatic heterocycles. The molecule has 2 rings (SSSR count). The highest BCUT2D eigenvalue weighted by Crippen LogP contribution is 2.23. The van der Waals surface area contributed by atoms with Crippen LogP contribution in [0.1, 0.15) is 4.88 Å². The third kappa shape index (κ3) is 3.58. The second-order valence-electron chi connectivity index (χ2n) is 4.47. The van der Waals surface area contributed by atoms with Crippen LogP contribution < -0.4 is 0 Å². The number of guanidine groups is 1. The number of hydrogen-bond donors (Lipinski definition) is 0. The predicted octanol–water partition coefficient (Wildman–Crippen LogP) is 1.01. The van der Waals surface area contributed by atoms with Gasteiger partial charge in [0.15, 0.2) is 5.03 Å². The van der Waals surface area contributed by atoms with Crippen LogP contribution in [-0.2, 0) is 6.54 Å². The maximum Gasteiger partial charge on any atom is 0.276 e. The van der Waals surface area contributed by atoms with E-state index in [1.807, 2.05) is 24.4 Å². The van der Waals surface area contributed by atoms with E-state index in [0.717, 1.165) is 9.22 Å². The normalized spacial score (nSPS) is 18.9. The molecule has 8 nitrogen and oxygen atoms in total. The second-order valence-corrected chi connectivity index (χ2v) is 6.64. The lowest BCUT2D eigenvalue weighted by Crippen LogP contribution is -2.55. The topological polar surface area (TPSA) is 78.1 Å². The summed E-state index contributed by atoms with van der Waals surface area (Å²) in [5.41, 5.74) is 0. The minimum atomic E-state index is -0.649. The quantitative estimate of drug-likeness (QED) is 0.466. The highest BCUT2D eigenvalue weighted by atomic mass is 32.2. The molecular formula is C10H16N6O2S2. The molecule has 1 fully saturated rings. The van der Waals surface area contributed by atoms with Crippen LogP contribution in [0.2, 0.25) is 0 Å². The van der Waals surface area contributed by atoms with E-state index in [0.29, 0.717) is 25.8 Å². The van der Waals surface area contributed by atoms with Crippen molar-refractivity contribution in [2.24, 2.45) is 5.10 Å². The van der Waals surface area contributed by atoms with Gasteiger partial charge in [0.05, 0.1) is 19.9 Å². The van der Waals surface area contributed by atoms with Crippen molar-refractivity contribution in [2.75, 3.05) is 33.7 Å². The standard InChI is InChI=1S/C10H16N6O2S2/c1-13-6-14(2)9(12-16(17)18)15(7-13)5-8-4-11-10(19-3)20-8/h4H,5-7H2,1-3H3. The summed E-state index contributed by atoms with van der Waals surface area (Å²) in [4.78, 5) is 21.7. The van der Waals surface area contributed by atoms with E-state index < -0.39 is 5.03 Å². The van der Waals surface area contributed by atoms with Gasteiger partial charge >= 0.3 is 0 Å². The maximum atomic E-state index is 10.7. The molecular weight excluding hydrogens is 300 g/mol. The Morgan fingerprint density at radius 2 is 2.30 bits per heavy atom. The summed E-state index contributed by atoms with van der Waals surface area (Å²) in [6, 6.07) is 0. The lowest BCUT2D eigenvalue weighted by Gasteiger charge is -2.39. The van der Waals surface area contributed by atoms with Crippen LogP contribution in [0.5, 0.6) is 0 Å². The van der Waals surface area contributed by atoms with Gasteiger partial charge in [-0.15, -0.1) is 11.3 Å². The molecule has 0 saturated carbocycles. The summed E-state index contributed by atoms with van der Waals surface area (Å²) < 4.78 is 0.992. The van der Waals surface area contributed by atoms with Gasteiger partial charge < -0.3 is 9.80 Å². The summed E-state index contributed by atoms with van der Waals surface area (Å²) in [5, 5.41) is 13.5. The van der Waals surface area contributed by atoms with Gasteiger partial charge in [-0.05, 0) is 13.3 Å². The van der Waals surface area contributed by atoms with Crippen LogP contribution in [0.3, 0.4) is 0 Å². The molecule has 110 valence electrons. The molecule has 0 spiro atoms. The molecule has 0 bridgehead atoms. The van der Waals surface area contributed by atoms with Crippen molar-refractivity contribution in [1.29, 1.82) is 0 Å². The third-order valence-electron chi connectivity index (χ3n) is 2.71. The Balaban J connectivity index is 2.18. The monoisotopic (exact) mass is 316 g/mol. The van der Waals surface area contributed by atoms with Gasteiger partial charge in [0.25, 0.3) is 5.96 Å². The van der Waals surface area contributed by atoms with Crippen LogP contribution >= 0.6 is 23.1 Å². The minimum absolute atomic E-state index is 0.382. The van der Waals surface area contributed by atoms with Crippen LogP contribution in [0.15, 0.2) is 15.6 Å². The van der Waals surface area contributed by atoms with Crippen LogP contribution in [0, 0.1) is 10.1 Å². The Bertz CT molecular complexity index is 520. The zero-order valence-corrected chi connectivity index (χ0v) is 13.1. The Morgan fingerprint density at radius 1 is 1.55 bits per heavy atom. The number of thioether (sulfide) groups is 1. The van der Waals surface area contributed by atoms with Crippen molar-refractivity contribution in [2.45, 2.75) is 10.9 Å². The van der Waals surface area contributed by atoms with E-state index in [4.69, 9.17) is 0 Å². The number of thiazole rings is 1. The van der Waals surface area contributed by atoms with Gasteiger partial charge in [0, 0.05) is 18.1 Å². The number of nitrogens with zero attached hydrogens (tertiary/aromatic N) is 6. The summed E-state index contributed by atoms with van der Waals surface area (Å²) in [6.45, 7) is 1.78. The molecule has 0 unspecified atom stereocenters. The van der Waals surface area contributed by atoms with Gasteiger partial charge in [0.1, 0.15) is 9.44 Å². The fourth-order valence-corrected chi connectivity index (χ4v) is 3.51. The fraction of sp³-hybridized carbons (Fsp3) is 0.600. The first-order chi connectivity index (χ1) is 9.49. The average molecular weight is 316 g/mol. The van der Waals surface area contributed by atoms with Crippen molar-refractivity contribution in [3.05, 3.63) is 21.2 Å². The third-order valence-corrected chi connectivity index (χ3v) is 4.70. The van der Waals surface area contributed by atoms with Gasteiger partial charge in [-0.1, -0.05) is 11.8 Å². The number of nitro groups is 1. The van der Waals surface area contributed by atoms with Gasteiger partial charge in [-0.2, -0.15) is 0 Å². The van der Waals surface area contributed by atoms with Crippen molar-refractivity contribution in [3.63, 3.8) is 0 Å². The second kappa shape index (κ2) is 6.37. The first kappa shape index (κ1) is 15.0. The molecule has 0 radical (unpaired) electrons. The van der Waals surface area contributed by atoms with E-state index in [2.05, 4.69) is 15.0 Å². The Hall–Kier alpha value is -1.39. The van der Waals surface area contributed by atoms with Crippen molar-refractivity contribution in [3.8, 4) is 0 Å². The SMILES string of the molecule is CSc1ncc(CN2CN(C)CN(C)C2=N[N+](=O)[O-])s1. The molecule has 1 aromatic rings. The number of rotatable bonds is 4. The number of hydrazone groups is 1. The highest BCUT2D eigenvalue weighted by Gasteiger charge is 2.27. The molecule has 1 aliphatic heterocycles. The molecule has 0 aliphatic carbocycles. The molecule has 0 atom stereocenters. The van der Waals surface area contributed by atoms with Gasteiger partial charge in [-0.3, -0.25) is 4.90 Å². The van der Waals surface area contributed by atoms with E-state index in [1.165, 1.54) is 0 Å². The van der Waals surface area contributed by atoms with E-state index in [1.54, 1.807) is 35.0 Å². The lowest BCUT2D eigenvalue weighted by molar-refractivity contribution is -0.486. The molecule has 20 heavy (non-hydrogen) atoms. The van der Waals surface area contributed by atoms with Gasteiger partial charge in [-0.25, -0.2) is 15.1 Å². The molecule has 0 N–H and O–H groups in total. The summed E-state index contributed by atoms with van der Waals surface area (Å²) in [7, 11) is 3.76. The maximum absolute atomic E-state index is 10.7. The first-order valence-corrected chi connectivity index (χ1v) is 7.90. The number of hydrogen-bond acceptors (Lipinski definition) is 6. The Morgan fingerprint density at radius 3 is 2.90 bits per heavy atom. The number of aromatic nitrogens is 1. The fourth-order valence-electron chi connectivity index (χ4n) is 2.04. The molecule has 10 heteroatoms. The van der Waals surface area contributed by atoms with E-state index in [9.17, 15) is 10.1 Å². The summed E-state index contributed by atoms with van der Waals surface area (Å²) >= 11 is 3.19. The summed E-state index contributed by atoms with van der Waals surface area (Å²) in [5.74, 6) is 0.382. The molecule has 0 amide bonds. The molecule has 1 aliphatic rings. The first-order valence-electron chi connectivity index (χ1n) is 5.86. The minimum Gasteiger partial charge on any atom is -0.328 e. The summed E-state index contributed by atoms with van der Waals surface area (Å²) in [6.07, 6.45) is 3.79. The van der Waals surface area contributed by atoms with Crippen LogP contribution in [0.4, 0.5) is 0 Å². The van der Waals surface area contributed by atoms with E-state index in [-0.39, 0.29) is 0 Å². The molecule has 2 heterocycles. The molecule has 1 saturated heterocycles. The smallest absolute Gasteiger partial charge is 0.276 e. The van der Waals surface area contributed by atoms with E-state index >= 15 is 0 Å². The Kier molecular flexibility index (Phi) is 4.78. The zero-order chi connectivity index (χ0) is 14.7. The Labute approximate surface area is 125 Å². The van der Waals surface area contributed by atoms with Crippen LogP contribution in [-0.4, -0.2) is 64.4 Å². The highest BCUT2D eigenvalue weighted by molar-refractivity contribution is 8.00. The van der Waals surface area contributed by atoms with Crippen molar-refractivity contribution >= 4 is 29.1 Å². The molecule has 0 aromatic carbocycles. The zero-order valence-electron chi connectivity index (χ0n) is 11.5. The van der Waals surface area contributed by atoms with Crippen molar-refractivity contribution in [1.82, 2.24) is 19.7 Å². The van der Waals surface area contributed by atoms with Crippen LogP contribution in [0.25, 0.3) is 0 Å². The lowest BCUT2D eigenvalue weighted by atomic mass is 10.4. The predicted molar refractivity (Wildman–Crippen MR) is 79.1 cm³/mol.